The maximum absolute atomic E-state index is 6.09. The molecule has 2 aromatic heterocycles. The van der Waals surface area contributed by atoms with Gasteiger partial charge in [-0.15, -0.1) is 11.3 Å². The van der Waals surface area contributed by atoms with Gasteiger partial charge in [0.15, 0.2) is 0 Å². The van der Waals surface area contributed by atoms with E-state index < -0.39 is 0 Å². The maximum atomic E-state index is 6.09. The van der Waals surface area contributed by atoms with E-state index in [1.165, 1.54) is 4.70 Å². The van der Waals surface area contributed by atoms with Crippen LogP contribution in [0.1, 0.15) is 18.5 Å². The molecule has 22 heavy (non-hydrogen) atoms. The monoisotopic (exact) mass is 315 g/mol. The summed E-state index contributed by atoms with van der Waals surface area (Å²) >= 11 is 1.67. The molecule has 5 nitrogen and oxygen atoms in total. The van der Waals surface area contributed by atoms with E-state index in [9.17, 15) is 0 Å². The standard InChI is InChI=1S/C16H21N5S/c1-21(2)10-6-5-8-12-14(15(17)20-19-12)16-18-11-7-3-4-9-13(11)22-16/h3-4,7,9H,5-6,8,10H2,1-2H3,(H3,17,19,20). The number of rotatable bonds is 6. The maximum Gasteiger partial charge on any atom is 0.130 e. The smallest absolute Gasteiger partial charge is 0.130 e. The number of benzene rings is 1. The van der Waals surface area contributed by atoms with Gasteiger partial charge in [0, 0.05) is 0 Å². The Morgan fingerprint density at radius 1 is 1.23 bits per heavy atom. The predicted molar refractivity (Wildman–Crippen MR) is 93.1 cm³/mol. The van der Waals surface area contributed by atoms with Crippen LogP contribution in [0.15, 0.2) is 24.3 Å². The molecular weight excluding hydrogens is 294 g/mol. The number of fused-ring (bicyclic) bond motifs is 1. The third kappa shape index (κ3) is 3.13. The van der Waals surface area contributed by atoms with E-state index in [1.807, 2.05) is 18.2 Å². The number of aromatic nitrogens is 3. The van der Waals surface area contributed by atoms with Crippen LogP contribution >= 0.6 is 11.3 Å². The van der Waals surface area contributed by atoms with Gasteiger partial charge in [0.1, 0.15) is 10.8 Å². The largest absolute Gasteiger partial charge is 0.383 e. The van der Waals surface area contributed by atoms with Crippen molar-refractivity contribution in [2.45, 2.75) is 19.3 Å². The highest BCUT2D eigenvalue weighted by atomic mass is 32.1. The number of nitrogens with two attached hydrogens (primary N) is 1. The van der Waals surface area contributed by atoms with Crippen LogP contribution in [-0.4, -0.2) is 40.7 Å². The number of aryl methyl sites for hydroxylation is 1. The Hall–Kier alpha value is -1.92. The molecule has 3 rings (SSSR count). The summed E-state index contributed by atoms with van der Waals surface area (Å²) in [6.07, 6.45) is 3.17. The Bertz CT molecular complexity index is 726. The molecule has 0 aliphatic heterocycles. The summed E-state index contributed by atoms with van der Waals surface area (Å²) in [5, 5.41) is 8.25. The number of H-pyrrole nitrogens is 1. The van der Waals surface area contributed by atoms with E-state index in [0.29, 0.717) is 5.82 Å². The third-order valence-electron chi connectivity index (χ3n) is 3.65. The number of anilines is 1. The van der Waals surface area contributed by atoms with Crippen LogP contribution in [-0.2, 0) is 6.42 Å². The summed E-state index contributed by atoms with van der Waals surface area (Å²) in [7, 11) is 4.19. The number of unbranched alkanes of at least 4 members (excludes halogenated alkanes) is 1. The SMILES string of the molecule is CN(C)CCCCc1n[nH]c(N)c1-c1nc2ccccc2s1. The van der Waals surface area contributed by atoms with Crippen LogP contribution in [0, 0.1) is 0 Å². The van der Waals surface area contributed by atoms with Gasteiger partial charge in [-0.1, -0.05) is 12.1 Å². The first-order chi connectivity index (χ1) is 10.6. The fourth-order valence-corrected chi connectivity index (χ4v) is 3.56. The highest BCUT2D eigenvalue weighted by Crippen LogP contribution is 2.35. The molecule has 0 saturated carbocycles. The molecule has 3 N–H and O–H groups in total. The molecular formula is C16H21N5S. The normalized spacial score (nSPS) is 11.6. The van der Waals surface area contributed by atoms with E-state index >= 15 is 0 Å². The van der Waals surface area contributed by atoms with Gasteiger partial charge >= 0.3 is 0 Å². The molecule has 3 aromatic rings. The first-order valence-electron chi connectivity index (χ1n) is 7.48. The average molecular weight is 315 g/mol. The Labute approximate surface area is 134 Å². The van der Waals surface area contributed by atoms with Gasteiger partial charge in [0.2, 0.25) is 0 Å². The van der Waals surface area contributed by atoms with Gasteiger partial charge in [-0.05, 0) is 52.0 Å². The van der Waals surface area contributed by atoms with E-state index in [-0.39, 0.29) is 0 Å². The molecule has 0 bridgehead atoms. The van der Waals surface area contributed by atoms with Gasteiger partial charge in [0.05, 0.1) is 21.5 Å². The van der Waals surface area contributed by atoms with E-state index in [0.717, 1.165) is 47.6 Å². The van der Waals surface area contributed by atoms with Crippen molar-refractivity contribution in [1.29, 1.82) is 0 Å². The Morgan fingerprint density at radius 3 is 2.82 bits per heavy atom. The lowest BCUT2D eigenvalue weighted by Gasteiger charge is -2.08. The van der Waals surface area contributed by atoms with Gasteiger partial charge in [-0.3, -0.25) is 5.10 Å². The fraction of sp³-hybridized carbons (Fsp3) is 0.375. The number of para-hydroxylation sites is 1. The number of thiazole rings is 1. The summed E-state index contributed by atoms with van der Waals surface area (Å²) < 4.78 is 1.18. The van der Waals surface area contributed by atoms with Crippen LogP contribution < -0.4 is 5.73 Å². The van der Waals surface area contributed by atoms with E-state index in [4.69, 9.17) is 10.7 Å². The first-order valence-corrected chi connectivity index (χ1v) is 8.30. The second-order valence-corrected chi connectivity index (χ2v) is 6.74. The van der Waals surface area contributed by atoms with Crippen LogP contribution in [0.3, 0.4) is 0 Å². The van der Waals surface area contributed by atoms with Crippen molar-refractivity contribution in [1.82, 2.24) is 20.1 Å². The second-order valence-electron chi connectivity index (χ2n) is 5.71. The van der Waals surface area contributed by atoms with Crippen molar-refractivity contribution in [3.8, 4) is 10.6 Å². The Morgan fingerprint density at radius 2 is 2.05 bits per heavy atom. The Kier molecular flexibility index (Phi) is 4.40. The van der Waals surface area contributed by atoms with Crippen LogP contribution in [0.4, 0.5) is 5.82 Å². The topological polar surface area (TPSA) is 70.8 Å². The molecule has 0 aliphatic carbocycles. The minimum Gasteiger partial charge on any atom is -0.383 e. The van der Waals surface area contributed by atoms with Gasteiger partial charge in [-0.25, -0.2) is 4.98 Å². The molecule has 0 fully saturated rings. The second kappa shape index (κ2) is 6.46. The Balaban J connectivity index is 1.82. The van der Waals surface area contributed by atoms with E-state index in [2.05, 4.69) is 35.3 Å². The van der Waals surface area contributed by atoms with Gasteiger partial charge < -0.3 is 10.6 Å². The highest BCUT2D eigenvalue weighted by molar-refractivity contribution is 7.21. The quantitative estimate of drug-likeness (QED) is 0.686. The van der Waals surface area contributed by atoms with Gasteiger partial charge in [0.25, 0.3) is 0 Å². The molecule has 0 spiro atoms. The number of nitrogen functional groups attached to an aromatic ring is 1. The van der Waals surface area contributed by atoms with Crippen LogP contribution in [0.2, 0.25) is 0 Å². The van der Waals surface area contributed by atoms with Crippen molar-refractivity contribution in [3.05, 3.63) is 30.0 Å². The van der Waals surface area contributed by atoms with Crippen molar-refractivity contribution in [3.63, 3.8) is 0 Å². The van der Waals surface area contributed by atoms with Crippen molar-refractivity contribution in [2.24, 2.45) is 0 Å². The lowest BCUT2D eigenvalue weighted by Crippen LogP contribution is -2.12. The molecule has 0 aliphatic rings. The fourth-order valence-electron chi connectivity index (χ4n) is 2.51. The first kappa shape index (κ1) is 15.0. The zero-order valence-electron chi connectivity index (χ0n) is 13.0. The lowest BCUT2D eigenvalue weighted by molar-refractivity contribution is 0.394. The molecule has 2 heterocycles. The number of nitrogens with one attached hydrogen (secondary N) is 1. The number of aromatic amines is 1. The molecule has 0 amide bonds. The summed E-state index contributed by atoms with van der Waals surface area (Å²) in [6.45, 7) is 1.09. The molecule has 116 valence electrons. The average Bonchev–Trinajstić information content (AvgIpc) is 3.06. The van der Waals surface area contributed by atoms with Crippen molar-refractivity contribution in [2.75, 3.05) is 26.4 Å². The summed E-state index contributed by atoms with van der Waals surface area (Å²) in [5.41, 5.74) is 9.10. The van der Waals surface area contributed by atoms with Crippen LogP contribution in [0.5, 0.6) is 0 Å². The molecule has 6 heteroatoms. The highest BCUT2D eigenvalue weighted by Gasteiger charge is 2.17. The third-order valence-corrected chi connectivity index (χ3v) is 4.70. The summed E-state index contributed by atoms with van der Waals surface area (Å²) in [4.78, 5) is 6.91. The van der Waals surface area contributed by atoms with Crippen molar-refractivity contribution >= 4 is 27.4 Å². The van der Waals surface area contributed by atoms with Crippen molar-refractivity contribution < 1.29 is 0 Å². The lowest BCUT2D eigenvalue weighted by atomic mass is 10.1. The molecule has 0 radical (unpaired) electrons. The number of hydrogen-bond acceptors (Lipinski definition) is 5. The van der Waals surface area contributed by atoms with Gasteiger partial charge in [-0.2, -0.15) is 5.10 Å². The number of nitrogens with zero attached hydrogens (tertiary/aromatic N) is 3. The molecule has 0 unspecified atom stereocenters. The predicted octanol–water partition coefficient (Wildman–Crippen LogP) is 3.15. The minimum absolute atomic E-state index is 0.613. The molecule has 0 atom stereocenters. The number of hydrogen-bond donors (Lipinski definition) is 2. The minimum atomic E-state index is 0.613. The zero-order chi connectivity index (χ0) is 15.5. The summed E-state index contributed by atoms with van der Waals surface area (Å²) in [5.74, 6) is 0.613. The summed E-state index contributed by atoms with van der Waals surface area (Å²) in [6, 6.07) is 8.16. The van der Waals surface area contributed by atoms with Crippen LogP contribution in [0.25, 0.3) is 20.8 Å². The molecule has 0 saturated heterocycles. The molecule has 1 aromatic carbocycles. The van der Waals surface area contributed by atoms with E-state index in [1.54, 1.807) is 11.3 Å². The zero-order valence-corrected chi connectivity index (χ0v) is 13.8.